The second kappa shape index (κ2) is 8.30. The molecule has 1 aliphatic rings. The van der Waals surface area contributed by atoms with Gasteiger partial charge < -0.3 is 9.88 Å². The molecule has 0 spiro atoms. The van der Waals surface area contributed by atoms with E-state index in [2.05, 4.69) is 23.7 Å². The number of piperazine rings is 1. The number of amides is 1. The van der Waals surface area contributed by atoms with Crippen LogP contribution < -0.4 is 5.56 Å². The minimum absolute atomic E-state index is 0.146. The van der Waals surface area contributed by atoms with Gasteiger partial charge in [-0.15, -0.1) is 0 Å². The van der Waals surface area contributed by atoms with Crippen LogP contribution in [0.5, 0.6) is 0 Å². The number of aromatic amines is 1. The molecule has 1 aromatic rings. The predicted molar refractivity (Wildman–Crippen MR) is 97.4 cm³/mol. The molecular formula is C19H28N4O2. The number of H-pyrrole nitrogens is 1. The molecule has 25 heavy (non-hydrogen) atoms. The molecule has 0 aliphatic carbocycles. The van der Waals surface area contributed by atoms with Crippen LogP contribution in [0.2, 0.25) is 0 Å². The Morgan fingerprint density at radius 1 is 1.24 bits per heavy atom. The maximum atomic E-state index is 12.5. The Labute approximate surface area is 149 Å². The Balaban J connectivity index is 1.96. The Bertz CT molecular complexity index is 722. The SMILES string of the molecule is Cc1[nH]c(=O)c(C#N)c(C)c1CCC(=O)N1CCN(CC(C)C)CC1. The molecule has 6 heteroatoms. The third-order valence-corrected chi connectivity index (χ3v) is 4.86. The summed E-state index contributed by atoms with van der Waals surface area (Å²) in [5.74, 6) is 0.787. The zero-order valence-corrected chi connectivity index (χ0v) is 15.7. The van der Waals surface area contributed by atoms with E-state index in [4.69, 9.17) is 5.26 Å². The largest absolute Gasteiger partial charge is 0.340 e. The van der Waals surface area contributed by atoms with Crippen molar-refractivity contribution in [2.24, 2.45) is 5.92 Å². The molecule has 0 bridgehead atoms. The zero-order valence-electron chi connectivity index (χ0n) is 15.7. The zero-order chi connectivity index (χ0) is 18.6. The van der Waals surface area contributed by atoms with Gasteiger partial charge in [0.15, 0.2) is 0 Å². The van der Waals surface area contributed by atoms with Crippen LogP contribution in [0.15, 0.2) is 4.79 Å². The monoisotopic (exact) mass is 344 g/mol. The van der Waals surface area contributed by atoms with Gasteiger partial charge in [-0.05, 0) is 37.3 Å². The number of aryl methyl sites for hydroxylation is 1. The number of carbonyl (C=O) groups is 1. The van der Waals surface area contributed by atoms with Crippen LogP contribution in [0, 0.1) is 31.1 Å². The highest BCUT2D eigenvalue weighted by atomic mass is 16.2. The molecule has 1 fully saturated rings. The number of pyridine rings is 1. The molecule has 1 aliphatic heterocycles. The van der Waals surface area contributed by atoms with Gasteiger partial charge in [0, 0.05) is 44.8 Å². The molecule has 0 aromatic carbocycles. The fraction of sp³-hybridized carbons (Fsp3) is 0.632. The molecule has 0 saturated carbocycles. The molecule has 0 radical (unpaired) electrons. The third kappa shape index (κ3) is 4.70. The maximum Gasteiger partial charge on any atom is 0.266 e. The number of nitrogens with one attached hydrogen (secondary N) is 1. The molecule has 0 atom stereocenters. The molecule has 1 saturated heterocycles. The van der Waals surface area contributed by atoms with Gasteiger partial charge in [-0.2, -0.15) is 5.26 Å². The normalized spacial score (nSPS) is 15.4. The van der Waals surface area contributed by atoms with E-state index >= 15 is 0 Å². The second-order valence-corrected chi connectivity index (χ2v) is 7.24. The van der Waals surface area contributed by atoms with E-state index in [-0.39, 0.29) is 17.0 Å². The van der Waals surface area contributed by atoms with Crippen molar-refractivity contribution in [3.8, 4) is 6.07 Å². The number of nitriles is 1. The lowest BCUT2D eigenvalue weighted by molar-refractivity contribution is -0.132. The fourth-order valence-corrected chi connectivity index (χ4v) is 3.51. The average molecular weight is 344 g/mol. The Morgan fingerprint density at radius 2 is 1.88 bits per heavy atom. The van der Waals surface area contributed by atoms with Crippen molar-refractivity contribution in [3.05, 3.63) is 32.7 Å². The standard InChI is InChI=1S/C19H28N4O2/c1-13(2)12-22-7-9-23(10-8-22)18(24)6-5-16-14(3)17(11-20)19(25)21-15(16)4/h13H,5-10,12H2,1-4H3,(H,21,25). The lowest BCUT2D eigenvalue weighted by atomic mass is 9.99. The third-order valence-electron chi connectivity index (χ3n) is 4.86. The molecular weight excluding hydrogens is 316 g/mol. The van der Waals surface area contributed by atoms with Gasteiger partial charge in [0.25, 0.3) is 5.56 Å². The minimum Gasteiger partial charge on any atom is -0.340 e. The van der Waals surface area contributed by atoms with Crippen molar-refractivity contribution in [2.75, 3.05) is 32.7 Å². The first kappa shape index (κ1) is 19.2. The summed E-state index contributed by atoms with van der Waals surface area (Å²) in [7, 11) is 0. The van der Waals surface area contributed by atoms with E-state index in [1.807, 2.05) is 17.9 Å². The number of rotatable bonds is 5. The number of hydrogen-bond acceptors (Lipinski definition) is 4. The van der Waals surface area contributed by atoms with Gasteiger partial charge in [-0.3, -0.25) is 14.5 Å². The minimum atomic E-state index is -0.353. The number of hydrogen-bond donors (Lipinski definition) is 1. The van der Waals surface area contributed by atoms with Gasteiger partial charge in [0.05, 0.1) is 0 Å². The van der Waals surface area contributed by atoms with Crippen LogP contribution in [0.4, 0.5) is 0 Å². The van der Waals surface area contributed by atoms with Crippen molar-refractivity contribution in [3.63, 3.8) is 0 Å². The summed E-state index contributed by atoms with van der Waals surface area (Å²) < 4.78 is 0. The summed E-state index contributed by atoms with van der Waals surface area (Å²) >= 11 is 0. The Hall–Kier alpha value is -2.13. The highest BCUT2D eigenvalue weighted by Gasteiger charge is 2.22. The highest BCUT2D eigenvalue weighted by Crippen LogP contribution is 2.16. The van der Waals surface area contributed by atoms with Crippen LogP contribution in [0.1, 0.15) is 42.7 Å². The molecule has 2 rings (SSSR count). The molecule has 2 heterocycles. The van der Waals surface area contributed by atoms with Crippen LogP contribution in [0.25, 0.3) is 0 Å². The maximum absolute atomic E-state index is 12.5. The summed E-state index contributed by atoms with van der Waals surface area (Å²) in [4.78, 5) is 31.3. The Morgan fingerprint density at radius 3 is 2.44 bits per heavy atom. The van der Waals surface area contributed by atoms with Crippen molar-refractivity contribution in [1.82, 2.24) is 14.8 Å². The topological polar surface area (TPSA) is 80.2 Å². The molecule has 1 aromatic heterocycles. The van der Waals surface area contributed by atoms with Crippen LogP contribution in [-0.2, 0) is 11.2 Å². The van der Waals surface area contributed by atoms with Crippen LogP contribution in [0.3, 0.4) is 0 Å². The average Bonchev–Trinajstić information content (AvgIpc) is 2.54. The van der Waals surface area contributed by atoms with E-state index in [1.165, 1.54) is 0 Å². The molecule has 1 amide bonds. The quantitative estimate of drug-likeness (QED) is 0.880. The second-order valence-electron chi connectivity index (χ2n) is 7.24. The van der Waals surface area contributed by atoms with Gasteiger partial charge in [-0.1, -0.05) is 13.8 Å². The van der Waals surface area contributed by atoms with E-state index in [1.54, 1.807) is 6.92 Å². The summed E-state index contributed by atoms with van der Waals surface area (Å²) in [6.45, 7) is 12.5. The summed E-state index contributed by atoms with van der Waals surface area (Å²) in [5, 5.41) is 9.13. The lowest BCUT2D eigenvalue weighted by Gasteiger charge is -2.35. The summed E-state index contributed by atoms with van der Waals surface area (Å²) in [5.41, 5.74) is 2.14. The number of nitrogens with zero attached hydrogens (tertiary/aromatic N) is 3. The van der Waals surface area contributed by atoms with Gasteiger partial charge >= 0.3 is 0 Å². The first-order valence-corrected chi connectivity index (χ1v) is 8.96. The lowest BCUT2D eigenvalue weighted by Crippen LogP contribution is -2.49. The van der Waals surface area contributed by atoms with E-state index in [0.29, 0.717) is 24.3 Å². The fourth-order valence-electron chi connectivity index (χ4n) is 3.51. The van der Waals surface area contributed by atoms with Crippen LogP contribution in [-0.4, -0.2) is 53.4 Å². The van der Waals surface area contributed by atoms with Crippen molar-refractivity contribution >= 4 is 5.91 Å². The van der Waals surface area contributed by atoms with Gasteiger partial charge in [0.1, 0.15) is 11.6 Å². The van der Waals surface area contributed by atoms with Gasteiger partial charge in [0.2, 0.25) is 5.91 Å². The molecule has 136 valence electrons. The predicted octanol–water partition coefficient (Wildman–Crippen LogP) is 1.60. The first-order chi connectivity index (χ1) is 11.8. The van der Waals surface area contributed by atoms with Gasteiger partial charge in [-0.25, -0.2) is 0 Å². The number of aromatic nitrogens is 1. The first-order valence-electron chi connectivity index (χ1n) is 8.96. The van der Waals surface area contributed by atoms with Crippen molar-refractivity contribution in [1.29, 1.82) is 5.26 Å². The van der Waals surface area contributed by atoms with Crippen molar-refractivity contribution in [2.45, 2.75) is 40.5 Å². The smallest absolute Gasteiger partial charge is 0.266 e. The summed E-state index contributed by atoms with van der Waals surface area (Å²) in [6, 6.07) is 1.96. The molecule has 0 unspecified atom stereocenters. The highest BCUT2D eigenvalue weighted by molar-refractivity contribution is 5.76. The molecule has 1 N–H and O–H groups in total. The summed E-state index contributed by atoms with van der Waals surface area (Å²) in [6.07, 6.45) is 0.955. The molecule has 6 nitrogen and oxygen atoms in total. The van der Waals surface area contributed by atoms with E-state index in [0.717, 1.165) is 44.0 Å². The Kier molecular flexibility index (Phi) is 6.38. The number of carbonyl (C=O) groups excluding carboxylic acids is 1. The van der Waals surface area contributed by atoms with E-state index in [9.17, 15) is 9.59 Å². The van der Waals surface area contributed by atoms with E-state index < -0.39 is 0 Å². The van der Waals surface area contributed by atoms with Crippen molar-refractivity contribution < 1.29 is 4.79 Å². The van der Waals surface area contributed by atoms with Crippen LogP contribution >= 0.6 is 0 Å².